The Kier molecular flexibility index (Phi) is 6.90. The van der Waals surface area contributed by atoms with Crippen molar-refractivity contribution in [2.45, 2.75) is 42.7 Å². The minimum atomic E-state index is -4.78. The summed E-state index contributed by atoms with van der Waals surface area (Å²) < 4.78 is 127. The van der Waals surface area contributed by atoms with Gasteiger partial charge >= 0.3 is 12.8 Å². The fourth-order valence-corrected chi connectivity index (χ4v) is 6.57. The van der Waals surface area contributed by atoms with Crippen LogP contribution in [0.25, 0.3) is 11.1 Å². The van der Waals surface area contributed by atoms with Crippen LogP contribution in [0.1, 0.15) is 18.4 Å². The SMILES string of the molecule is O=S(=O)(c1cccc(C(F)(F)F)c1)N1C[C@@H]2CC(F)CCN2c2ccc(-c3cc(F)cc(OC(F)F)c3)cc21. The van der Waals surface area contributed by atoms with E-state index in [1.807, 2.05) is 4.90 Å². The van der Waals surface area contributed by atoms with Gasteiger partial charge in [0.05, 0.1) is 34.4 Å². The Hall–Kier alpha value is -3.48. The molecule has 3 aromatic carbocycles. The van der Waals surface area contributed by atoms with Gasteiger partial charge in [0.25, 0.3) is 10.0 Å². The summed E-state index contributed by atoms with van der Waals surface area (Å²) in [5.41, 5.74) is -0.314. The summed E-state index contributed by atoms with van der Waals surface area (Å²) in [6.45, 7) is -3.16. The van der Waals surface area contributed by atoms with Gasteiger partial charge in [-0.1, -0.05) is 12.1 Å². The normalized spacial score (nSPS) is 19.6. The largest absolute Gasteiger partial charge is 0.435 e. The van der Waals surface area contributed by atoms with E-state index in [4.69, 9.17) is 0 Å². The van der Waals surface area contributed by atoms with Crippen LogP contribution in [0.5, 0.6) is 5.75 Å². The second-order valence-electron chi connectivity index (χ2n) is 9.29. The lowest BCUT2D eigenvalue weighted by atomic mass is 9.95. The number of piperidine rings is 1. The van der Waals surface area contributed by atoms with E-state index in [1.165, 1.54) is 12.1 Å². The maximum Gasteiger partial charge on any atom is 0.416 e. The van der Waals surface area contributed by atoms with E-state index in [2.05, 4.69) is 4.74 Å². The van der Waals surface area contributed by atoms with Crippen LogP contribution in [0, 0.1) is 5.82 Å². The number of sulfonamides is 1. The van der Waals surface area contributed by atoms with Gasteiger partial charge in [-0.05, 0) is 60.0 Å². The molecular weight excluding hydrogens is 553 g/mol. The first-order valence-electron chi connectivity index (χ1n) is 11.8. The van der Waals surface area contributed by atoms with Crippen LogP contribution in [0.15, 0.2) is 65.6 Å². The molecule has 0 amide bonds. The Labute approximate surface area is 219 Å². The number of hydrogen-bond acceptors (Lipinski definition) is 4. The molecule has 1 unspecified atom stereocenters. The highest BCUT2D eigenvalue weighted by Gasteiger charge is 2.41. The van der Waals surface area contributed by atoms with Gasteiger partial charge in [-0.15, -0.1) is 0 Å². The van der Waals surface area contributed by atoms with Crippen molar-refractivity contribution in [1.82, 2.24) is 0 Å². The number of benzene rings is 3. The summed E-state index contributed by atoms with van der Waals surface area (Å²) in [4.78, 5) is 1.23. The lowest BCUT2D eigenvalue weighted by molar-refractivity contribution is -0.137. The van der Waals surface area contributed by atoms with E-state index in [0.717, 1.165) is 40.7 Å². The van der Waals surface area contributed by atoms with Crippen LogP contribution in [0.3, 0.4) is 0 Å². The molecule has 1 fully saturated rings. The molecule has 2 aliphatic heterocycles. The third-order valence-corrected chi connectivity index (χ3v) is 8.54. The van der Waals surface area contributed by atoms with Crippen LogP contribution in [-0.4, -0.2) is 40.3 Å². The third-order valence-electron chi connectivity index (χ3n) is 6.76. The highest BCUT2D eigenvalue weighted by Crippen LogP contribution is 2.44. The predicted molar refractivity (Wildman–Crippen MR) is 130 cm³/mol. The van der Waals surface area contributed by atoms with Crippen molar-refractivity contribution in [1.29, 1.82) is 0 Å². The van der Waals surface area contributed by atoms with Crippen molar-refractivity contribution < 1.29 is 43.9 Å². The number of rotatable bonds is 5. The van der Waals surface area contributed by atoms with Crippen LogP contribution in [-0.2, 0) is 16.2 Å². The first-order chi connectivity index (χ1) is 18.3. The lowest BCUT2D eigenvalue weighted by Gasteiger charge is -2.47. The van der Waals surface area contributed by atoms with Crippen molar-refractivity contribution in [2.75, 3.05) is 22.3 Å². The molecule has 0 aliphatic carbocycles. The van der Waals surface area contributed by atoms with Gasteiger partial charge < -0.3 is 9.64 Å². The zero-order valence-corrected chi connectivity index (χ0v) is 20.8. The standard InChI is InChI=1S/C26H21F7N2O3S/c27-18-6-7-34-20(12-18)14-35(39(36,37)22-3-1-2-17(11-22)26(31,32)33)24-10-15(4-5-23(24)34)16-8-19(28)13-21(9-16)38-25(29)30/h1-5,8-11,13,18,20,25H,6-7,12,14H2/t18?,20-/m0/s1. The Balaban J connectivity index is 1.64. The van der Waals surface area contributed by atoms with Gasteiger partial charge in [-0.2, -0.15) is 22.0 Å². The second kappa shape index (κ2) is 9.92. The highest BCUT2D eigenvalue weighted by molar-refractivity contribution is 7.92. The van der Waals surface area contributed by atoms with Crippen molar-refractivity contribution >= 4 is 21.4 Å². The summed E-state index contributed by atoms with van der Waals surface area (Å²) in [7, 11) is -4.57. The molecule has 3 aromatic rings. The number of ether oxygens (including phenoxy) is 1. The van der Waals surface area contributed by atoms with Crippen molar-refractivity contribution in [3.8, 4) is 16.9 Å². The van der Waals surface area contributed by atoms with Crippen LogP contribution >= 0.6 is 0 Å². The maximum absolute atomic E-state index is 14.3. The molecule has 208 valence electrons. The fourth-order valence-electron chi connectivity index (χ4n) is 5.02. The van der Waals surface area contributed by atoms with E-state index in [-0.39, 0.29) is 42.7 Å². The summed E-state index contributed by atoms with van der Waals surface area (Å²) >= 11 is 0. The molecule has 0 radical (unpaired) electrons. The van der Waals surface area contributed by atoms with Gasteiger partial charge in [-0.3, -0.25) is 4.31 Å². The van der Waals surface area contributed by atoms with E-state index >= 15 is 0 Å². The molecular formula is C26H21F7N2O3S. The quantitative estimate of drug-likeness (QED) is 0.321. The van der Waals surface area contributed by atoms with Gasteiger partial charge in [0, 0.05) is 19.0 Å². The zero-order valence-electron chi connectivity index (χ0n) is 20.0. The fraction of sp³-hybridized carbons (Fsp3) is 0.308. The first-order valence-corrected chi connectivity index (χ1v) is 13.3. The lowest BCUT2D eigenvalue weighted by Crippen LogP contribution is -2.54. The monoisotopic (exact) mass is 574 g/mol. The molecule has 0 saturated carbocycles. The van der Waals surface area contributed by atoms with E-state index in [9.17, 15) is 39.2 Å². The number of alkyl halides is 6. The number of halogens is 7. The van der Waals surface area contributed by atoms with Crippen molar-refractivity contribution in [3.05, 3.63) is 72.0 Å². The summed E-state index contributed by atoms with van der Waals surface area (Å²) in [6, 6.07) is 10.2. The molecule has 2 heterocycles. The van der Waals surface area contributed by atoms with E-state index in [1.54, 1.807) is 6.07 Å². The molecule has 39 heavy (non-hydrogen) atoms. The zero-order chi connectivity index (χ0) is 28.1. The molecule has 5 rings (SSSR count). The maximum atomic E-state index is 14.3. The first kappa shape index (κ1) is 27.1. The van der Waals surface area contributed by atoms with Gasteiger partial charge in [-0.25, -0.2) is 17.2 Å². The number of hydrogen-bond donors (Lipinski definition) is 0. The van der Waals surface area contributed by atoms with Gasteiger partial charge in [0.2, 0.25) is 0 Å². The van der Waals surface area contributed by atoms with Crippen LogP contribution < -0.4 is 13.9 Å². The average Bonchev–Trinajstić information content (AvgIpc) is 2.86. The average molecular weight is 575 g/mol. The third kappa shape index (κ3) is 5.36. The van der Waals surface area contributed by atoms with Gasteiger partial charge in [0.15, 0.2) is 0 Å². The summed E-state index contributed by atoms with van der Waals surface area (Å²) in [5, 5.41) is 0. The minimum Gasteiger partial charge on any atom is -0.435 e. The molecule has 2 atom stereocenters. The number of anilines is 2. The minimum absolute atomic E-state index is 0.0219. The number of fused-ring (bicyclic) bond motifs is 3. The van der Waals surface area contributed by atoms with Crippen molar-refractivity contribution in [2.24, 2.45) is 0 Å². The smallest absolute Gasteiger partial charge is 0.416 e. The topological polar surface area (TPSA) is 49.9 Å². The molecule has 1 saturated heterocycles. The molecule has 0 N–H and O–H groups in total. The van der Waals surface area contributed by atoms with Crippen LogP contribution in [0.2, 0.25) is 0 Å². The Bertz CT molecular complexity index is 1500. The van der Waals surface area contributed by atoms with Crippen LogP contribution in [0.4, 0.5) is 42.1 Å². The molecule has 13 heteroatoms. The summed E-state index contributed by atoms with van der Waals surface area (Å²) in [5.74, 6) is -1.32. The predicted octanol–water partition coefficient (Wildman–Crippen LogP) is 6.63. The van der Waals surface area contributed by atoms with Crippen molar-refractivity contribution in [3.63, 3.8) is 0 Å². The molecule has 2 aliphatic rings. The van der Waals surface area contributed by atoms with Gasteiger partial charge in [0.1, 0.15) is 17.7 Å². The molecule has 0 spiro atoms. The second-order valence-corrected chi connectivity index (χ2v) is 11.2. The Morgan fingerprint density at radius 3 is 2.44 bits per heavy atom. The molecule has 5 nitrogen and oxygen atoms in total. The van der Waals surface area contributed by atoms with E-state index in [0.29, 0.717) is 11.8 Å². The molecule has 0 bridgehead atoms. The Morgan fingerprint density at radius 2 is 1.72 bits per heavy atom. The Morgan fingerprint density at radius 1 is 0.949 bits per heavy atom. The number of nitrogens with zero attached hydrogens (tertiary/aromatic N) is 2. The molecule has 0 aromatic heterocycles. The van der Waals surface area contributed by atoms with E-state index < -0.39 is 57.1 Å². The summed E-state index contributed by atoms with van der Waals surface area (Å²) in [6.07, 6.45) is -5.73. The highest BCUT2D eigenvalue weighted by atomic mass is 32.2.